The van der Waals surface area contributed by atoms with Crippen LogP contribution in [-0.4, -0.2) is 51.4 Å². The summed E-state index contributed by atoms with van der Waals surface area (Å²) in [5.74, 6) is -0.369. The Morgan fingerprint density at radius 3 is 2.55 bits per heavy atom. The van der Waals surface area contributed by atoms with E-state index in [1.807, 2.05) is 0 Å². The van der Waals surface area contributed by atoms with Gasteiger partial charge in [0, 0.05) is 5.02 Å². The molecule has 6 nitrogen and oxygen atoms in total. The summed E-state index contributed by atoms with van der Waals surface area (Å²) in [6.07, 6.45) is 0. The number of halogens is 1. The quantitative estimate of drug-likeness (QED) is 0.725. The van der Waals surface area contributed by atoms with Crippen molar-refractivity contribution in [2.24, 2.45) is 5.73 Å². The van der Waals surface area contributed by atoms with Gasteiger partial charge in [0.1, 0.15) is 0 Å². The zero-order valence-corrected chi connectivity index (χ0v) is 12.5. The molecule has 1 amide bonds. The molecule has 0 saturated carbocycles. The monoisotopic (exact) mass is 318 g/mol. The van der Waals surface area contributed by atoms with Crippen LogP contribution in [0, 0.1) is 0 Å². The third-order valence-electron chi connectivity index (χ3n) is 3.29. The molecule has 0 aromatic heterocycles. The van der Waals surface area contributed by atoms with Crippen LogP contribution in [0.4, 0.5) is 0 Å². The first-order valence-electron chi connectivity index (χ1n) is 6.27. The van der Waals surface area contributed by atoms with Gasteiger partial charge in [-0.3, -0.25) is 4.79 Å². The Kier molecular flexibility index (Phi) is 4.64. The van der Waals surface area contributed by atoms with Gasteiger partial charge in [-0.2, -0.15) is 4.31 Å². The van der Waals surface area contributed by atoms with Gasteiger partial charge >= 0.3 is 0 Å². The van der Waals surface area contributed by atoms with Gasteiger partial charge in [-0.1, -0.05) is 17.7 Å². The van der Waals surface area contributed by atoms with E-state index in [-0.39, 0.29) is 17.3 Å². The Morgan fingerprint density at radius 1 is 1.35 bits per heavy atom. The fourth-order valence-electron chi connectivity index (χ4n) is 2.24. The number of quaternary nitrogens is 1. The van der Waals surface area contributed by atoms with Gasteiger partial charge in [-0.25, -0.2) is 8.42 Å². The number of sulfonamides is 1. The Hall–Kier alpha value is -1.15. The second kappa shape index (κ2) is 6.09. The van der Waals surface area contributed by atoms with Gasteiger partial charge in [-0.15, -0.1) is 0 Å². The Morgan fingerprint density at radius 2 is 2.00 bits per heavy atom. The highest BCUT2D eigenvalue weighted by atomic mass is 35.5. The fourth-order valence-corrected chi connectivity index (χ4v) is 3.99. The predicted octanol–water partition coefficient (Wildman–Crippen LogP) is -1.29. The molecule has 1 aromatic carbocycles. The minimum Gasteiger partial charge on any atom is -0.365 e. The van der Waals surface area contributed by atoms with E-state index in [1.165, 1.54) is 16.4 Å². The van der Waals surface area contributed by atoms with Crippen molar-refractivity contribution in [1.82, 2.24) is 4.31 Å². The van der Waals surface area contributed by atoms with Gasteiger partial charge in [0.25, 0.3) is 5.91 Å². The number of nitrogens with two attached hydrogens (primary N) is 1. The SMILES string of the molecule is NC(=O)C[NH+]1CCN(S(=O)(=O)c2cccc(Cl)c2)CC1. The number of piperazine rings is 1. The molecular weight excluding hydrogens is 302 g/mol. The average Bonchev–Trinajstić information content (AvgIpc) is 2.38. The molecule has 1 fully saturated rings. The van der Waals surface area contributed by atoms with Crippen molar-refractivity contribution in [2.75, 3.05) is 32.7 Å². The first-order valence-corrected chi connectivity index (χ1v) is 8.09. The van der Waals surface area contributed by atoms with E-state index in [0.29, 0.717) is 31.2 Å². The van der Waals surface area contributed by atoms with Crippen LogP contribution in [-0.2, 0) is 14.8 Å². The maximum absolute atomic E-state index is 12.4. The highest BCUT2D eigenvalue weighted by Gasteiger charge is 2.30. The van der Waals surface area contributed by atoms with Crippen molar-refractivity contribution < 1.29 is 18.1 Å². The maximum atomic E-state index is 12.4. The zero-order valence-electron chi connectivity index (χ0n) is 10.9. The van der Waals surface area contributed by atoms with Crippen LogP contribution in [0.15, 0.2) is 29.2 Å². The molecule has 0 spiro atoms. The molecule has 0 atom stereocenters. The van der Waals surface area contributed by atoms with Crippen LogP contribution < -0.4 is 10.6 Å². The maximum Gasteiger partial charge on any atom is 0.272 e. The van der Waals surface area contributed by atoms with E-state index >= 15 is 0 Å². The summed E-state index contributed by atoms with van der Waals surface area (Å²) in [6.45, 7) is 2.13. The lowest BCUT2D eigenvalue weighted by Crippen LogP contribution is -3.15. The molecule has 2 rings (SSSR count). The van der Waals surface area contributed by atoms with Crippen LogP contribution in [0.1, 0.15) is 0 Å². The molecule has 1 aliphatic heterocycles. The number of primary amides is 1. The number of rotatable bonds is 4. The third kappa shape index (κ3) is 3.49. The van der Waals surface area contributed by atoms with E-state index in [0.717, 1.165) is 4.90 Å². The van der Waals surface area contributed by atoms with E-state index in [1.54, 1.807) is 12.1 Å². The lowest BCUT2D eigenvalue weighted by molar-refractivity contribution is -0.895. The number of nitrogens with one attached hydrogen (secondary N) is 1. The van der Waals surface area contributed by atoms with E-state index in [2.05, 4.69) is 0 Å². The summed E-state index contributed by atoms with van der Waals surface area (Å²) >= 11 is 5.83. The molecule has 1 saturated heterocycles. The molecule has 0 unspecified atom stereocenters. The number of hydrogen-bond donors (Lipinski definition) is 2. The van der Waals surface area contributed by atoms with Crippen molar-refractivity contribution in [3.63, 3.8) is 0 Å². The third-order valence-corrected chi connectivity index (χ3v) is 5.42. The molecule has 3 N–H and O–H groups in total. The fraction of sp³-hybridized carbons (Fsp3) is 0.417. The number of carbonyl (C=O) groups excluding carboxylic acids is 1. The molecule has 1 aliphatic rings. The second-order valence-electron chi connectivity index (χ2n) is 4.75. The van der Waals surface area contributed by atoms with Crippen molar-refractivity contribution in [3.05, 3.63) is 29.3 Å². The lowest BCUT2D eigenvalue weighted by Gasteiger charge is -2.30. The molecule has 0 radical (unpaired) electrons. The minimum atomic E-state index is -3.52. The lowest BCUT2D eigenvalue weighted by atomic mass is 10.3. The highest BCUT2D eigenvalue weighted by Crippen LogP contribution is 2.19. The number of amides is 1. The predicted molar refractivity (Wildman–Crippen MR) is 75.0 cm³/mol. The molecule has 0 aliphatic carbocycles. The van der Waals surface area contributed by atoms with Gasteiger partial charge in [0.15, 0.2) is 6.54 Å². The molecule has 1 aromatic rings. The molecule has 0 bridgehead atoms. The summed E-state index contributed by atoms with van der Waals surface area (Å²) in [4.78, 5) is 12.1. The first kappa shape index (κ1) is 15.2. The molecule has 20 heavy (non-hydrogen) atoms. The molecule has 8 heteroatoms. The Balaban J connectivity index is 2.08. The molecule has 1 heterocycles. The average molecular weight is 319 g/mol. The summed E-state index contributed by atoms with van der Waals surface area (Å²) in [6, 6.07) is 6.22. The van der Waals surface area contributed by atoms with E-state index in [9.17, 15) is 13.2 Å². The van der Waals surface area contributed by atoms with Crippen molar-refractivity contribution in [1.29, 1.82) is 0 Å². The summed E-state index contributed by atoms with van der Waals surface area (Å²) in [5.41, 5.74) is 5.15. The normalized spacial score (nSPS) is 18.1. The number of nitrogens with zero attached hydrogens (tertiary/aromatic N) is 1. The summed E-state index contributed by atoms with van der Waals surface area (Å²) in [7, 11) is -3.52. The van der Waals surface area contributed by atoms with Gasteiger partial charge in [0.05, 0.1) is 31.1 Å². The molecule has 110 valence electrons. The van der Waals surface area contributed by atoms with Crippen LogP contribution >= 0.6 is 11.6 Å². The van der Waals surface area contributed by atoms with Crippen LogP contribution in [0.5, 0.6) is 0 Å². The summed E-state index contributed by atoms with van der Waals surface area (Å²) < 4.78 is 26.3. The largest absolute Gasteiger partial charge is 0.365 e. The zero-order chi connectivity index (χ0) is 14.8. The van der Waals surface area contributed by atoms with Gasteiger partial charge < -0.3 is 10.6 Å². The standard InChI is InChI=1S/C12H16ClN3O3S/c13-10-2-1-3-11(8-10)20(18,19)16-6-4-15(5-7-16)9-12(14)17/h1-3,8H,4-7,9H2,(H2,14,17)/p+1. The Bertz CT molecular complexity index is 598. The van der Waals surface area contributed by atoms with Crippen molar-refractivity contribution >= 4 is 27.5 Å². The van der Waals surface area contributed by atoms with Crippen LogP contribution in [0.3, 0.4) is 0 Å². The van der Waals surface area contributed by atoms with Crippen molar-refractivity contribution in [2.45, 2.75) is 4.90 Å². The van der Waals surface area contributed by atoms with E-state index in [4.69, 9.17) is 17.3 Å². The topological polar surface area (TPSA) is 84.9 Å². The van der Waals surface area contributed by atoms with Crippen LogP contribution in [0.25, 0.3) is 0 Å². The van der Waals surface area contributed by atoms with E-state index < -0.39 is 10.0 Å². The second-order valence-corrected chi connectivity index (χ2v) is 7.13. The van der Waals surface area contributed by atoms with Crippen molar-refractivity contribution in [3.8, 4) is 0 Å². The summed E-state index contributed by atoms with van der Waals surface area (Å²) in [5, 5.41) is 0.393. The minimum absolute atomic E-state index is 0.198. The smallest absolute Gasteiger partial charge is 0.272 e. The Labute approximate surface area is 123 Å². The number of carbonyl (C=O) groups is 1. The number of hydrogen-bond acceptors (Lipinski definition) is 3. The molecular formula is C12H17ClN3O3S+. The highest BCUT2D eigenvalue weighted by molar-refractivity contribution is 7.89. The first-order chi connectivity index (χ1) is 9.39. The number of benzene rings is 1. The van der Waals surface area contributed by atoms with Gasteiger partial charge in [0.2, 0.25) is 10.0 Å². The van der Waals surface area contributed by atoms with Crippen LogP contribution in [0.2, 0.25) is 5.02 Å². The van der Waals surface area contributed by atoms with Gasteiger partial charge in [-0.05, 0) is 18.2 Å².